The van der Waals surface area contributed by atoms with Crippen molar-refractivity contribution in [1.82, 2.24) is 9.78 Å². The summed E-state index contributed by atoms with van der Waals surface area (Å²) in [4.78, 5) is 0. The molecule has 1 aromatic heterocycles. The van der Waals surface area contributed by atoms with Crippen LogP contribution in [-0.2, 0) is 0 Å². The minimum Gasteiger partial charge on any atom is -0.508 e. The number of ether oxygens (including phenoxy) is 1. The van der Waals surface area contributed by atoms with Gasteiger partial charge in [0.15, 0.2) is 0 Å². The number of benzene rings is 2. The Morgan fingerprint density at radius 3 is 2.50 bits per heavy atom. The third-order valence-electron chi connectivity index (χ3n) is 4.46. The first-order valence-corrected chi connectivity index (χ1v) is 8.11. The van der Waals surface area contributed by atoms with Gasteiger partial charge in [0.1, 0.15) is 17.4 Å². The molecule has 1 atom stereocenters. The lowest BCUT2D eigenvalue weighted by atomic mass is 9.84. The highest BCUT2D eigenvalue weighted by Gasteiger charge is 2.36. The molecule has 4 rings (SSSR count). The van der Waals surface area contributed by atoms with Crippen molar-refractivity contribution in [2.45, 2.75) is 12.8 Å². The highest BCUT2D eigenvalue weighted by molar-refractivity contribution is 5.57. The molecule has 26 heavy (non-hydrogen) atoms. The number of hydrogen-bond acceptors (Lipinski definition) is 5. The number of aromatic hydroxyl groups is 1. The number of aromatic nitrogens is 2. The van der Waals surface area contributed by atoms with Gasteiger partial charge in [0.05, 0.1) is 22.9 Å². The molecule has 0 amide bonds. The minimum atomic E-state index is -0.401. The third-order valence-corrected chi connectivity index (χ3v) is 4.46. The molecule has 2 heterocycles. The van der Waals surface area contributed by atoms with Crippen molar-refractivity contribution >= 4 is 0 Å². The number of allylic oxidation sites excluding steroid dienone is 1. The lowest BCUT2D eigenvalue weighted by Crippen LogP contribution is -2.22. The van der Waals surface area contributed by atoms with Crippen molar-refractivity contribution in [3.8, 4) is 23.4 Å². The molecule has 0 unspecified atom stereocenters. The largest absolute Gasteiger partial charge is 0.508 e. The first-order valence-electron chi connectivity index (χ1n) is 8.11. The van der Waals surface area contributed by atoms with E-state index in [9.17, 15) is 10.4 Å². The Labute approximate surface area is 150 Å². The Kier molecular flexibility index (Phi) is 3.63. The summed E-state index contributed by atoms with van der Waals surface area (Å²) in [6.07, 6.45) is 0. The molecule has 0 saturated carbocycles. The SMILES string of the molecule is Cc1nn(-c2ccccc2)c2c1[C@@H](c1ccc(O)cc1)C(C#N)=C(N)O2. The molecular formula is C20H16N4O2. The molecule has 0 spiro atoms. The molecule has 0 bridgehead atoms. The molecule has 1 aliphatic rings. The van der Waals surface area contributed by atoms with Crippen molar-refractivity contribution in [2.24, 2.45) is 5.73 Å². The number of phenols is 1. The Balaban J connectivity index is 1.95. The fraction of sp³-hybridized carbons (Fsp3) is 0.100. The van der Waals surface area contributed by atoms with E-state index in [1.807, 2.05) is 37.3 Å². The molecule has 0 radical (unpaired) electrons. The van der Waals surface area contributed by atoms with Gasteiger partial charge >= 0.3 is 0 Å². The second kappa shape index (κ2) is 5.97. The topological polar surface area (TPSA) is 97.1 Å². The van der Waals surface area contributed by atoms with Crippen molar-refractivity contribution in [3.63, 3.8) is 0 Å². The van der Waals surface area contributed by atoms with E-state index in [0.717, 1.165) is 22.5 Å². The Hall–Kier alpha value is -3.72. The predicted octanol–water partition coefficient (Wildman–Crippen LogP) is 3.10. The van der Waals surface area contributed by atoms with Gasteiger partial charge in [-0.25, -0.2) is 4.68 Å². The zero-order valence-corrected chi connectivity index (χ0v) is 14.0. The number of phenolic OH excluding ortho intramolecular Hbond substituents is 1. The lowest BCUT2D eigenvalue weighted by molar-refractivity contribution is 0.367. The maximum atomic E-state index is 9.64. The van der Waals surface area contributed by atoms with Crippen LogP contribution in [0.1, 0.15) is 22.7 Å². The smallest absolute Gasteiger partial charge is 0.229 e. The average Bonchev–Trinajstić information content (AvgIpc) is 2.98. The molecule has 2 aromatic carbocycles. The molecule has 0 fully saturated rings. The van der Waals surface area contributed by atoms with Gasteiger partial charge in [-0.05, 0) is 36.8 Å². The number of nitrogens with zero attached hydrogens (tertiary/aromatic N) is 3. The summed E-state index contributed by atoms with van der Waals surface area (Å²) in [5.74, 6) is 0.327. The van der Waals surface area contributed by atoms with Crippen LogP contribution in [0.3, 0.4) is 0 Å². The minimum absolute atomic E-state index is 0.0650. The van der Waals surface area contributed by atoms with Crippen LogP contribution in [0.25, 0.3) is 5.69 Å². The normalized spacial score (nSPS) is 15.9. The van der Waals surface area contributed by atoms with E-state index >= 15 is 0 Å². The molecule has 0 aliphatic carbocycles. The standard InChI is InChI=1S/C20H16N4O2/c1-12-17-18(13-7-9-15(25)10-8-13)16(11-21)19(22)26-20(17)24(23-12)14-5-3-2-4-6-14/h2-10,18,25H,22H2,1H3/t18-/m0/s1. The monoisotopic (exact) mass is 344 g/mol. The van der Waals surface area contributed by atoms with Crippen LogP contribution in [0.4, 0.5) is 0 Å². The number of hydrogen-bond donors (Lipinski definition) is 2. The first-order chi connectivity index (χ1) is 12.6. The zero-order valence-electron chi connectivity index (χ0n) is 14.0. The van der Waals surface area contributed by atoms with Crippen LogP contribution in [0.15, 0.2) is 66.1 Å². The Morgan fingerprint density at radius 1 is 1.15 bits per heavy atom. The number of rotatable bonds is 2. The fourth-order valence-electron chi connectivity index (χ4n) is 3.26. The molecule has 6 heteroatoms. The first kappa shape index (κ1) is 15.8. The maximum Gasteiger partial charge on any atom is 0.229 e. The highest BCUT2D eigenvalue weighted by atomic mass is 16.5. The van der Waals surface area contributed by atoms with E-state index in [2.05, 4.69) is 11.2 Å². The fourth-order valence-corrected chi connectivity index (χ4v) is 3.26. The average molecular weight is 344 g/mol. The second-order valence-electron chi connectivity index (χ2n) is 6.07. The van der Waals surface area contributed by atoms with Crippen LogP contribution in [0, 0.1) is 18.3 Å². The molecule has 1 aliphatic heterocycles. The van der Waals surface area contributed by atoms with Crippen molar-refractivity contribution in [1.29, 1.82) is 5.26 Å². The van der Waals surface area contributed by atoms with E-state index in [0.29, 0.717) is 11.5 Å². The Bertz CT molecular complexity index is 1040. The van der Waals surface area contributed by atoms with Gasteiger partial charge in [-0.15, -0.1) is 0 Å². The predicted molar refractivity (Wildman–Crippen MR) is 95.7 cm³/mol. The summed E-state index contributed by atoms with van der Waals surface area (Å²) in [6, 6.07) is 18.5. The Morgan fingerprint density at radius 2 is 1.85 bits per heavy atom. The van der Waals surface area contributed by atoms with E-state index in [4.69, 9.17) is 10.5 Å². The summed E-state index contributed by atoms with van der Waals surface area (Å²) in [6.45, 7) is 1.88. The van der Waals surface area contributed by atoms with E-state index < -0.39 is 5.92 Å². The molecule has 3 aromatic rings. The summed E-state index contributed by atoms with van der Waals surface area (Å²) >= 11 is 0. The number of fused-ring (bicyclic) bond motifs is 1. The van der Waals surface area contributed by atoms with Crippen LogP contribution in [0.2, 0.25) is 0 Å². The number of nitrogens with two attached hydrogens (primary N) is 1. The van der Waals surface area contributed by atoms with Gasteiger partial charge in [0, 0.05) is 0 Å². The number of aryl methyl sites for hydroxylation is 1. The summed E-state index contributed by atoms with van der Waals surface area (Å²) in [5, 5.41) is 23.8. The van der Waals surface area contributed by atoms with Crippen LogP contribution in [-0.4, -0.2) is 14.9 Å². The van der Waals surface area contributed by atoms with Gasteiger partial charge in [-0.1, -0.05) is 30.3 Å². The quantitative estimate of drug-likeness (QED) is 0.744. The maximum absolute atomic E-state index is 9.64. The van der Waals surface area contributed by atoms with Crippen molar-refractivity contribution < 1.29 is 9.84 Å². The van der Waals surface area contributed by atoms with Crippen LogP contribution < -0.4 is 10.5 Å². The summed E-state index contributed by atoms with van der Waals surface area (Å²) < 4.78 is 7.50. The van der Waals surface area contributed by atoms with Gasteiger partial charge < -0.3 is 15.6 Å². The summed E-state index contributed by atoms with van der Waals surface area (Å²) in [5.41, 5.74) is 9.62. The molecular weight excluding hydrogens is 328 g/mol. The van der Waals surface area contributed by atoms with Gasteiger partial charge in [0.25, 0.3) is 0 Å². The molecule has 0 saturated heterocycles. The summed E-state index contributed by atoms with van der Waals surface area (Å²) in [7, 11) is 0. The molecule has 6 nitrogen and oxygen atoms in total. The molecule has 128 valence electrons. The zero-order chi connectivity index (χ0) is 18.3. The van der Waals surface area contributed by atoms with Gasteiger partial charge in [-0.2, -0.15) is 10.4 Å². The van der Waals surface area contributed by atoms with E-state index in [1.165, 1.54) is 0 Å². The van der Waals surface area contributed by atoms with Gasteiger partial charge in [-0.3, -0.25) is 0 Å². The molecule has 3 N–H and O–H groups in total. The second-order valence-corrected chi connectivity index (χ2v) is 6.07. The number of para-hydroxylation sites is 1. The van der Waals surface area contributed by atoms with E-state index in [1.54, 1.807) is 28.9 Å². The van der Waals surface area contributed by atoms with Crippen molar-refractivity contribution in [3.05, 3.63) is 82.9 Å². The lowest BCUT2D eigenvalue weighted by Gasteiger charge is -2.24. The van der Waals surface area contributed by atoms with Crippen LogP contribution in [0.5, 0.6) is 11.6 Å². The number of nitriles is 1. The van der Waals surface area contributed by atoms with Gasteiger partial charge in [0.2, 0.25) is 11.8 Å². The third kappa shape index (κ3) is 2.38. The van der Waals surface area contributed by atoms with E-state index in [-0.39, 0.29) is 11.6 Å². The highest BCUT2D eigenvalue weighted by Crippen LogP contribution is 2.44. The van der Waals surface area contributed by atoms with Crippen LogP contribution >= 0.6 is 0 Å². The van der Waals surface area contributed by atoms with Crippen molar-refractivity contribution in [2.75, 3.05) is 0 Å².